The zero-order valence-electron chi connectivity index (χ0n) is 22.3. The van der Waals surface area contributed by atoms with E-state index in [0.29, 0.717) is 47.7 Å². The molecule has 0 unspecified atom stereocenters. The number of pyridine rings is 1. The van der Waals surface area contributed by atoms with E-state index in [4.69, 9.17) is 19.7 Å². The molecule has 0 saturated carbocycles. The predicted molar refractivity (Wildman–Crippen MR) is 149 cm³/mol. The Bertz CT molecular complexity index is 1860. The highest BCUT2D eigenvalue weighted by Crippen LogP contribution is 2.27. The third kappa shape index (κ3) is 5.55. The van der Waals surface area contributed by atoms with Crippen LogP contribution in [0.4, 0.5) is 8.78 Å². The Morgan fingerprint density at radius 3 is 2.64 bits per heavy atom. The highest BCUT2D eigenvalue weighted by atomic mass is 19.1. The van der Waals surface area contributed by atoms with Crippen molar-refractivity contribution in [2.75, 3.05) is 6.61 Å². The number of fused-ring (bicyclic) bond motifs is 1. The number of nitrogens with zero attached hydrogens (tertiary/aromatic N) is 4. The van der Waals surface area contributed by atoms with Gasteiger partial charge in [0.1, 0.15) is 24.1 Å². The number of benzene rings is 3. The maximum Gasteiger partial charge on any atom is 0.335 e. The molecule has 0 aliphatic carbocycles. The van der Waals surface area contributed by atoms with Crippen LogP contribution in [0.5, 0.6) is 5.88 Å². The summed E-state index contributed by atoms with van der Waals surface area (Å²) in [4.78, 5) is 20.7. The minimum Gasteiger partial charge on any atom is -0.478 e. The molecule has 0 amide bonds. The zero-order chi connectivity index (χ0) is 29.2. The quantitative estimate of drug-likeness (QED) is 0.236. The third-order valence-corrected chi connectivity index (χ3v) is 7.21. The lowest BCUT2D eigenvalue weighted by Crippen LogP contribution is -2.31. The number of halogens is 2. The van der Waals surface area contributed by atoms with Crippen LogP contribution in [0.2, 0.25) is 0 Å². The summed E-state index contributed by atoms with van der Waals surface area (Å²) < 4.78 is 42.8. The van der Waals surface area contributed by atoms with Gasteiger partial charge in [0, 0.05) is 30.2 Å². The van der Waals surface area contributed by atoms with E-state index in [1.165, 1.54) is 24.3 Å². The van der Waals surface area contributed by atoms with Crippen LogP contribution in [0.1, 0.15) is 39.3 Å². The summed E-state index contributed by atoms with van der Waals surface area (Å²) in [5.41, 5.74) is 3.32. The fourth-order valence-electron chi connectivity index (χ4n) is 4.87. The van der Waals surface area contributed by atoms with Gasteiger partial charge in [-0.25, -0.2) is 23.5 Å². The Kier molecular flexibility index (Phi) is 7.33. The molecule has 1 saturated heterocycles. The largest absolute Gasteiger partial charge is 0.478 e. The van der Waals surface area contributed by atoms with Crippen LogP contribution in [0, 0.1) is 23.0 Å². The summed E-state index contributed by atoms with van der Waals surface area (Å²) in [6, 6.07) is 20.6. The van der Waals surface area contributed by atoms with Crippen molar-refractivity contribution in [1.29, 1.82) is 5.26 Å². The standard InChI is InChI=1S/C32H24F2N4O4/c33-25-13-20(16-35)4-6-22(25)18-42-31-3-1-2-27(37-31)24-8-5-19(12-26(24)34)14-30-36-28-9-7-21(32(39)40)15-29(28)38(30)17-23-10-11-41-23/h1-9,12-13,15,23H,10-11,14,17-18H2,(H,39,40)/t23-/m0/s1. The number of hydrogen-bond acceptors (Lipinski definition) is 6. The van der Waals surface area contributed by atoms with Gasteiger partial charge in [-0.1, -0.05) is 18.2 Å². The highest BCUT2D eigenvalue weighted by Gasteiger charge is 2.23. The first-order valence-electron chi connectivity index (χ1n) is 13.3. The molecule has 1 fully saturated rings. The molecule has 0 radical (unpaired) electrons. The Morgan fingerprint density at radius 2 is 1.93 bits per heavy atom. The van der Waals surface area contributed by atoms with Crippen LogP contribution < -0.4 is 4.74 Å². The molecular formula is C32H24F2N4O4. The number of nitriles is 1. The van der Waals surface area contributed by atoms with Gasteiger partial charge in [-0.05, 0) is 60.5 Å². The van der Waals surface area contributed by atoms with Crippen LogP contribution in [-0.4, -0.2) is 38.3 Å². The van der Waals surface area contributed by atoms with Crippen LogP contribution in [0.25, 0.3) is 22.3 Å². The van der Waals surface area contributed by atoms with E-state index in [-0.39, 0.29) is 40.8 Å². The number of hydrogen-bond donors (Lipinski definition) is 1. The first-order valence-corrected chi connectivity index (χ1v) is 13.3. The fourth-order valence-corrected chi connectivity index (χ4v) is 4.87. The van der Waals surface area contributed by atoms with Crippen molar-refractivity contribution in [3.8, 4) is 23.2 Å². The zero-order valence-corrected chi connectivity index (χ0v) is 22.3. The number of carbonyl (C=O) groups is 1. The molecule has 0 bridgehead atoms. The summed E-state index contributed by atoms with van der Waals surface area (Å²) in [5, 5.41) is 18.4. The van der Waals surface area contributed by atoms with Crippen molar-refractivity contribution in [3.63, 3.8) is 0 Å². The molecule has 1 atom stereocenters. The lowest BCUT2D eigenvalue weighted by molar-refractivity contribution is -0.0589. The molecule has 10 heteroatoms. The molecule has 6 rings (SSSR count). The Hall–Kier alpha value is -5.14. The highest BCUT2D eigenvalue weighted by molar-refractivity contribution is 5.92. The lowest BCUT2D eigenvalue weighted by atomic mass is 10.1. The molecule has 0 spiro atoms. The Labute approximate surface area is 239 Å². The molecule has 5 aromatic rings. The van der Waals surface area contributed by atoms with E-state index in [1.807, 2.05) is 10.6 Å². The van der Waals surface area contributed by atoms with Crippen LogP contribution >= 0.6 is 0 Å². The molecule has 2 aromatic heterocycles. The van der Waals surface area contributed by atoms with Crippen molar-refractivity contribution < 1.29 is 28.2 Å². The number of aromatic nitrogens is 3. The van der Waals surface area contributed by atoms with Gasteiger partial charge in [-0.2, -0.15) is 5.26 Å². The number of carboxylic acids is 1. The number of carboxylic acid groups (broad SMARTS) is 1. The van der Waals surface area contributed by atoms with E-state index in [2.05, 4.69) is 4.98 Å². The minimum atomic E-state index is -1.02. The molecule has 42 heavy (non-hydrogen) atoms. The van der Waals surface area contributed by atoms with Gasteiger partial charge in [-0.15, -0.1) is 0 Å². The number of imidazole rings is 1. The molecule has 1 N–H and O–H groups in total. The van der Waals surface area contributed by atoms with Gasteiger partial charge in [0.15, 0.2) is 0 Å². The number of rotatable bonds is 9. The summed E-state index contributed by atoms with van der Waals surface area (Å²) in [6.07, 6.45) is 1.25. The van der Waals surface area contributed by atoms with Crippen molar-refractivity contribution in [3.05, 3.63) is 113 Å². The summed E-state index contributed by atoms with van der Waals surface area (Å²) in [6.45, 7) is 1.11. The van der Waals surface area contributed by atoms with Crippen LogP contribution in [0.15, 0.2) is 72.8 Å². The van der Waals surface area contributed by atoms with E-state index in [9.17, 15) is 14.3 Å². The van der Waals surface area contributed by atoms with Gasteiger partial charge >= 0.3 is 5.97 Å². The van der Waals surface area contributed by atoms with Crippen molar-refractivity contribution in [2.45, 2.75) is 32.1 Å². The smallest absolute Gasteiger partial charge is 0.335 e. The van der Waals surface area contributed by atoms with Gasteiger partial charge < -0.3 is 19.1 Å². The molecule has 1 aliphatic heterocycles. The van der Waals surface area contributed by atoms with Crippen LogP contribution in [-0.2, 0) is 24.3 Å². The Morgan fingerprint density at radius 1 is 1.07 bits per heavy atom. The van der Waals surface area contributed by atoms with E-state index >= 15 is 4.39 Å². The van der Waals surface area contributed by atoms with Crippen LogP contribution in [0.3, 0.4) is 0 Å². The van der Waals surface area contributed by atoms with Crippen molar-refractivity contribution in [1.82, 2.24) is 14.5 Å². The maximum atomic E-state index is 15.4. The van der Waals surface area contributed by atoms with Gasteiger partial charge in [0.2, 0.25) is 5.88 Å². The van der Waals surface area contributed by atoms with Gasteiger partial charge in [-0.3, -0.25) is 0 Å². The molecule has 8 nitrogen and oxygen atoms in total. The molecule has 1 aliphatic rings. The van der Waals surface area contributed by atoms with Gasteiger partial charge in [0.05, 0.1) is 46.6 Å². The van der Waals surface area contributed by atoms with Gasteiger partial charge in [0.25, 0.3) is 0 Å². The normalized spacial score (nSPS) is 14.4. The summed E-state index contributed by atoms with van der Waals surface area (Å²) in [5.74, 6) is -1.17. The average molecular weight is 567 g/mol. The maximum absolute atomic E-state index is 15.4. The number of aromatic carboxylic acids is 1. The second kappa shape index (κ2) is 11.4. The number of ether oxygens (including phenoxy) is 2. The minimum absolute atomic E-state index is 0.0164. The first kappa shape index (κ1) is 27.1. The SMILES string of the molecule is N#Cc1ccc(COc2cccc(-c3ccc(Cc4nc5ccc(C(=O)O)cc5n4C[C@@H]4CCO4)cc3F)n2)c(F)c1. The molecule has 3 aromatic carbocycles. The summed E-state index contributed by atoms with van der Waals surface area (Å²) >= 11 is 0. The summed E-state index contributed by atoms with van der Waals surface area (Å²) in [7, 11) is 0. The average Bonchev–Trinajstić information content (AvgIpc) is 3.30. The van der Waals surface area contributed by atoms with E-state index < -0.39 is 17.6 Å². The molecule has 210 valence electrons. The first-order chi connectivity index (χ1) is 20.4. The van der Waals surface area contributed by atoms with E-state index in [1.54, 1.807) is 42.5 Å². The van der Waals surface area contributed by atoms with Crippen molar-refractivity contribution in [2.24, 2.45) is 0 Å². The topological polar surface area (TPSA) is 110 Å². The lowest BCUT2D eigenvalue weighted by Gasteiger charge is -2.27. The second-order valence-electron chi connectivity index (χ2n) is 9.99. The third-order valence-electron chi connectivity index (χ3n) is 7.21. The predicted octanol–water partition coefficient (Wildman–Crippen LogP) is 5.91. The fraction of sp³-hybridized carbons (Fsp3) is 0.188. The molecule has 3 heterocycles. The second-order valence-corrected chi connectivity index (χ2v) is 9.99. The Balaban J connectivity index is 1.23. The molecular weight excluding hydrogens is 542 g/mol. The van der Waals surface area contributed by atoms with Crippen molar-refractivity contribution >= 4 is 17.0 Å². The van der Waals surface area contributed by atoms with E-state index in [0.717, 1.165) is 12.5 Å². The monoisotopic (exact) mass is 566 g/mol.